The Kier molecular flexibility index (Phi) is 3.66. The number of nitrogens with zero attached hydrogens (tertiary/aromatic N) is 2. The summed E-state index contributed by atoms with van der Waals surface area (Å²) in [5.74, 6) is 0.106. The molecule has 1 saturated heterocycles. The van der Waals surface area contributed by atoms with E-state index in [2.05, 4.69) is 24.0 Å². The predicted octanol–water partition coefficient (Wildman–Crippen LogP) is 1.67. The summed E-state index contributed by atoms with van der Waals surface area (Å²) in [6.07, 6.45) is 2.18. The lowest BCUT2D eigenvalue weighted by Crippen LogP contribution is -2.40. The van der Waals surface area contributed by atoms with E-state index >= 15 is 0 Å². The van der Waals surface area contributed by atoms with Crippen molar-refractivity contribution in [2.45, 2.75) is 32.3 Å². The second-order valence-electron chi connectivity index (χ2n) is 5.70. The number of hydrogen-bond acceptors (Lipinski definition) is 3. The molecule has 2 aliphatic rings. The van der Waals surface area contributed by atoms with Gasteiger partial charge in [-0.15, -0.1) is 0 Å². The third kappa shape index (κ3) is 2.40. The van der Waals surface area contributed by atoms with Gasteiger partial charge in [-0.1, -0.05) is 0 Å². The number of amides is 1. The number of hydrogen-bond donors (Lipinski definition) is 1. The van der Waals surface area contributed by atoms with E-state index < -0.39 is 0 Å². The number of rotatable bonds is 2. The Morgan fingerprint density at radius 2 is 2.05 bits per heavy atom. The smallest absolute Gasteiger partial charge is 0.253 e. The van der Waals surface area contributed by atoms with Crippen molar-refractivity contribution in [2.24, 2.45) is 0 Å². The van der Waals surface area contributed by atoms with Crippen LogP contribution in [0.3, 0.4) is 0 Å². The standard InChI is InChI=1S/C16H22N2O2/c1-2-17-8-5-12-11-13(3-4-15(12)17)16(20)18-9-6-14(19)7-10-18/h3-4,11,14,19H,2,5-10H2,1H3. The van der Waals surface area contributed by atoms with Gasteiger partial charge in [0.2, 0.25) is 0 Å². The van der Waals surface area contributed by atoms with Crippen LogP contribution in [0.1, 0.15) is 35.7 Å². The van der Waals surface area contributed by atoms with Gasteiger partial charge in [0.15, 0.2) is 0 Å². The highest BCUT2D eigenvalue weighted by molar-refractivity contribution is 5.95. The molecule has 0 aliphatic carbocycles. The Morgan fingerprint density at radius 1 is 1.30 bits per heavy atom. The monoisotopic (exact) mass is 274 g/mol. The highest BCUT2D eigenvalue weighted by Crippen LogP contribution is 2.29. The highest BCUT2D eigenvalue weighted by atomic mass is 16.3. The molecule has 1 aromatic rings. The maximum absolute atomic E-state index is 12.5. The number of benzene rings is 1. The lowest BCUT2D eigenvalue weighted by Gasteiger charge is -2.29. The molecule has 1 fully saturated rings. The molecule has 1 aromatic carbocycles. The van der Waals surface area contributed by atoms with E-state index in [-0.39, 0.29) is 12.0 Å². The zero-order valence-electron chi connectivity index (χ0n) is 12.0. The molecule has 3 rings (SSSR count). The van der Waals surface area contributed by atoms with Crippen LogP contribution in [-0.4, -0.2) is 48.2 Å². The van der Waals surface area contributed by atoms with Crippen LogP contribution in [0.25, 0.3) is 0 Å². The number of likely N-dealkylation sites (N-methyl/N-ethyl adjacent to an activating group) is 1. The van der Waals surface area contributed by atoms with Crippen molar-refractivity contribution in [3.05, 3.63) is 29.3 Å². The van der Waals surface area contributed by atoms with Crippen LogP contribution in [0.4, 0.5) is 5.69 Å². The molecule has 20 heavy (non-hydrogen) atoms. The number of aliphatic hydroxyl groups is 1. The molecule has 108 valence electrons. The van der Waals surface area contributed by atoms with Crippen LogP contribution in [0.2, 0.25) is 0 Å². The molecule has 0 aromatic heterocycles. The summed E-state index contributed by atoms with van der Waals surface area (Å²) in [5.41, 5.74) is 3.35. The van der Waals surface area contributed by atoms with Gasteiger partial charge in [-0.25, -0.2) is 0 Å². The first-order valence-electron chi connectivity index (χ1n) is 7.54. The second-order valence-corrected chi connectivity index (χ2v) is 5.70. The SMILES string of the molecule is CCN1CCc2cc(C(=O)N3CCC(O)CC3)ccc21. The summed E-state index contributed by atoms with van der Waals surface area (Å²) in [5, 5.41) is 9.52. The van der Waals surface area contributed by atoms with Crippen molar-refractivity contribution in [1.29, 1.82) is 0 Å². The molecule has 2 heterocycles. The number of piperidine rings is 1. The van der Waals surface area contributed by atoms with Gasteiger partial charge >= 0.3 is 0 Å². The van der Waals surface area contributed by atoms with E-state index in [1.165, 1.54) is 11.3 Å². The van der Waals surface area contributed by atoms with Crippen molar-refractivity contribution in [3.63, 3.8) is 0 Å². The molecule has 0 saturated carbocycles. The van der Waals surface area contributed by atoms with Crippen molar-refractivity contribution in [1.82, 2.24) is 4.90 Å². The minimum atomic E-state index is -0.239. The third-order valence-corrected chi connectivity index (χ3v) is 4.45. The summed E-state index contributed by atoms with van der Waals surface area (Å²) in [4.78, 5) is 16.7. The van der Waals surface area contributed by atoms with E-state index in [4.69, 9.17) is 0 Å². The van der Waals surface area contributed by atoms with Gasteiger partial charge in [-0.2, -0.15) is 0 Å². The average Bonchev–Trinajstić information content (AvgIpc) is 2.89. The van der Waals surface area contributed by atoms with Crippen LogP contribution >= 0.6 is 0 Å². The van der Waals surface area contributed by atoms with Crippen LogP contribution in [0.5, 0.6) is 0 Å². The molecule has 1 amide bonds. The summed E-state index contributed by atoms with van der Waals surface area (Å²) in [6, 6.07) is 6.08. The fourth-order valence-electron chi connectivity index (χ4n) is 3.18. The number of carbonyl (C=O) groups excluding carboxylic acids is 1. The molecular formula is C16H22N2O2. The minimum Gasteiger partial charge on any atom is -0.393 e. The molecule has 0 spiro atoms. The number of likely N-dealkylation sites (tertiary alicyclic amines) is 1. The Labute approximate surface area is 120 Å². The van der Waals surface area contributed by atoms with Gasteiger partial charge in [-0.3, -0.25) is 4.79 Å². The fraction of sp³-hybridized carbons (Fsp3) is 0.562. The zero-order valence-corrected chi connectivity index (χ0v) is 12.0. The summed E-state index contributed by atoms with van der Waals surface area (Å²) >= 11 is 0. The van der Waals surface area contributed by atoms with E-state index in [1.807, 2.05) is 11.0 Å². The van der Waals surface area contributed by atoms with Gasteiger partial charge < -0.3 is 14.9 Å². The van der Waals surface area contributed by atoms with E-state index in [1.54, 1.807) is 0 Å². The molecular weight excluding hydrogens is 252 g/mol. The summed E-state index contributed by atoms with van der Waals surface area (Å²) < 4.78 is 0. The summed E-state index contributed by atoms with van der Waals surface area (Å²) in [7, 11) is 0. The number of carbonyl (C=O) groups is 1. The van der Waals surface area contributed by atoms with Crippen LogP contribution in [0, 0.1) is 0 Å². The lowest BCUT2D eigenvalue weighted by atomic mass is 10.0. The minimum absolute atomic E-state index is 0.106. The molecule has 2 aliphatic heterocycles. The van der Waals surface area contributed by atoms with Crippen molar-refractivity contribution in [2.75, 3.05) is 31.1 Å². The van der Waals surface area contributed by atoms with Gasteiger partial charge in [0.05, 0.1) is 6.10 Å². The highest BCUT2D eigenvalue weighted by Gasteiger charge is 2.24. The first-order valence-corrected chi connectivity index (χ1v) is 7.54. The molecule has 0 unspecified atom stereocenters. The quantitative estimate of drug-likeness (QED) is 0.892. The van der Waals surface area contributed by atoms with Gasteiger partial charge in [0.25, 0.3) is 5.91 Å². The number of fused-ring (bicyclic) bond motifs is 1. The van der Waals surface area contributed by atoms with Gasteiger partial charge in [0, 0.05) is 37.4 Å². The van der Waals surface area contributed by atoms with Gasteiger partial charge in [-0.05, 0) is 49.9 Å². The van der Waals surface area contributed by atoms with Gasteiger partial charge in [0.1, 0.15) is 0 Å². The Morgan fingerprint density at radius 3 is 2.75 bits per heavy atom. The Balaban J connectivity index is 1.76. The van der Waals surface area contributed by atoms with Crippen LogP contribution in [-0.2, 0) is 6.42 Å². The molecule has 4 nitrogen and oxygen atoms in total. The first-order chi connectivity index (χ1) is 9.69. The Bertz CT molecular complexity index is 507. The molecule has 0 radical (unpaired) electrons. The molecule has 0 atom stereocenters. The number of anilines is 1. The normalized spacial score (nSPS) is 19.3. The summed E-state index contributed by atoms with van der Waals surface area (Å²) in [6.45, 7) is 5.56. The maximum Gasteiger partial charge on any atom is 0.253 e. The van der Waals surface area contributed by atoms with Crippen molar-refractivity contribution >= 4 is 11.6 Å². The van der Waals surface area contributed by atoms with Crippen LogP contribution < -0.4 is 4.90 Å². The average molecular weight is 274 g/mol. The largest absolute Gasteiger partial charge is 0.393 e. The number of aliphatic hydroxyl groups excluding tert-OH is 1. The van der Waals surface area contributed by atoms with E-state index in [9.17, 15) is 9.90 Å². The second kappa shape index (κ2) is 5.44. The van der Waals surface area contributed by atoms with E-state index in [0.29, 0.717) is 25.9 Å². The van der Waals surface area contributed by atoms with E-state index in [0.717, 1.165) is 25.1 Å². The topological polar surface area (TPSA) is 43.8 Å². The Hall–Kier alpha value is -1.55. The predicted molar refractivity (Wildman–Crippen MR) is 79.2 cm³/mol. The van der Waals surface area contributed by atoms with Crippen LogP contribution in [0.15, 0.2) is 18.2 Å². The molecule has 4 heteroatoms. The van der Waals surface area contributed by atoms with Crippen molar-refractivity contribution < 1.29 is 9.90 Å². The third-order valence-electron chi connectivity index (χ3n) is 4.45. The maximum atomic E-state index is 12.5. The lowest BCUT2D eigenvalue weighted by molar-refractivity contribution is 0.0546. The fourth-order valence-corrected chi connectivity index (χ4v) is 3.18. The van der Waals surface area contributed by atoms with Crippen molar-refractivity contribution in [3.8, 4) is 0 Å². The zero-order chi connectivity index (χ0) is 14.1. The molecule has 1 N–H and O–H groups in total. The first kappa shape index (κ1) is 13.4. The molecule has 0 bridgehead atoms.